The molecule has 2 N–H and O–H groups in total. The van der Waals surface area contributed by atoms with Crippen molar-refractivity contribution in [2.24, 2.45) is 0 Å². The van der Waals surface area contributed by atoms with E-state index in [1.54, 1.807) is 0 Å². The van der Waals surface area contributed by atoms with E-state index in [0.717, 1.165) is 51.4 Å². The first kappa shape index (κ1) is 19.7. The number of carbonyl (C=O) groups is 1. The molecule has 0 aromatic carbocycles. The highest BCUT2D eigenvalue weighted by Gasteiger charge is 1.96. The van der Waals surface area contributed by atoms with Crippen LogP contribution in [0, 0.1) is 0 Å². The molecule has 0 saturated carbocycles. The summed E-state index contributed by atoms with van der Waals surface area (Å²) in [6.45, 7) is 2.10. The normalized spacial score (nSPS) is 13.6. The van der Waals surface area contributed by atoms with Gasteiger partial charge >= 0.3 is 5.97 Å². The van der Waals surface area contributed by atoms with Crippen LogP contribution in [0.5, 0.6) is 0 Å². The Morgan fingerprint density at radius 1 is 0.952 bits per heavy atom. The summed E-state index contributed by atoms with van der Waals surface area (Å²) >= 11 is 0. The molecular weight excluding hydrogens is 264 g/mol. The van der Waals surface area contributed by atoms with Gasteiger partial charge in [0.1, 0.15) is 0 Å². The number of aliphatic hydroxyl groups is 1. The molecule has 21 heavy (non-hydrogen) atoms. The Kier molecular flexibility index (Phi) is 14.1. The third kappa shape index (κ3) is 16.6. The summed E-state index contributed by atoms with van der Waals surface area (Å²) in [6, 6.07) is 0. The molecule has 0 heterocycles. The monoisotopic (exact) mass is 294 g/mol. The lowest BCUT2D eigenvalue weighted by atomic mass is 10.1. The van der Waals surface area contributed by atoms with E-state index < -0.39 is 12.1 Å². The first-order valence-corrected chi connectivity index (χ1v) is 8.05. The van der Waals surface area contributed by atoms with Gasteiger partial charge in [0.25, 0.3) is 0 Å². The van der Waals surface area contributed by atoms with Crippen LogP contribution in [0.3, 0.4) is 0 Å². The molecule has 3 heteroatoms. The van der Waals surface area contributed by atoms with Crippen LogP contribution in [-0.2, 0) is 4.79 Å². The molecular formula is C18H30O3. The van der Waals surface area contributed by atoms with Gasteiger partial charge in [-0.3, -0.25) is 4.79 Å². The fourth-order valence-electron chi connectivity index (χ4n) is 1.93. The number of allylic oxidation sites excluding steroid dienone is 4. The largest absolute Gasteiger partial charge is 0.481 e. The van der Waals surface area contributed by atoms with Crippen molar-refractivity contribution in [1.29, 1.82) is 0 Å². The zero-order valence-electron chi connectivity index (χ0n) is 13.2. The van der Waals surface area contributed by atoms with Crippen molar-refractivity contribution in [3.05, 3.63) is 36.5 Å². The third-order valence-electron chi connectivity index (χ3n) is 3.10. The van der Waals surface area contributed by atoms with Gasteiger partial charge in [0.2, 0.25) is 0 Å². The van der Waals surface area contributed by atoms with Gasteiger partial charge in [-0.05, 0) is 32.1 Å². The zero-order valence-corrected chi connectivity index (χ0v) is 13.2. The molecule has 120 valence electrons. The van der Waals surface area contributed by atoms with E-state index in [0.29, 0.717) is 0 Å². The molecule has 0 saturated heterocycles. The van der Waals surface area contributed by atoms with Crippen LogP contribution in [0.15, 0.2) is 36.5 Å². The second kappa shape index (κ2) is 15.0. The smallest absolute Gasteiger partial charge is 0.303 e. The van der Waals surface area contributed by atoms with Crippen LogP contribution in [0.4, 0.5) is 0 Å². The standard InChI is InChI=1S/C18H30O3/c1-2-3-4-8-11-14-17(19)15-12-9-6-5-7-10-13-16-18(20)21/h3-4,11-12,14-15,17,19H,2,5-10,13,16H2,1H3,(H,20,21)/b4-3-,14-11-,15-12-/t17-/m1/s1. The number of aliphatic carboxylic acids is 1. The Hall–Kier alpha value is -1.35. The van der Waals surface area contributed by atoms with Crippen molar-refractivity contribution in [3.8, 4) is 0 Å². The number of rotatable bonds is 13. The Labute approximate surface area is 129 Å². The topological polar surface area (TPSA) is 57.5 Å². The first-order chi connectivity index (χ1) is 10.2. The number of aliphatic hydroxyl groups excluding tert-OH is 1. The van der Waals surface area contributed by atoms with Gasteiger partial charge < -0.3 is 10.2 Å². The Balaban J connectivity index is 3.45. The van der Waals surface area contributed by atoms with Crippen molar-refractivity contribution >= 4 is 5.97 Å². The van der Waals surface area contributed by atoms with Crippen molar-refractivity contribution in [1.82, 2.24) is 0 Å². The van der Waals surface area contributed by atoms with Crippen LogP contribution in [0.25, 0.3) is 0 Å². The molecule has 0 aromatic rings. The van der Waals surface area contributed by atoms with E-state index in [2.05, 4.69) is 19.1 Å². The first-order valence-electron chi connectivity index (χ1n) is 8.05. The summed E-state index contributed by atoms with van der Waals surface area (Å²) in [5.74, 6) is -0.704. The highest BCUT2D eigenvalue weighted by molar-refractivity contribution is 5.66. The fraction of sp³-hybridized carbons (Fsp3) is 0.611. The second-order valence-electron chi connectivity index (χ2n) is 5.16. The number of hydrogen-bond donors (Lipinski definition) is 2. The van der Waals surface area contributed by atoms with Gasteiger partial charge in [-0.25, -0.2) is 0 Å². The molecule has 0 aromatic heterocycles. The Morgan fingerprint density at radius 3 is 2.33 bits per heavy atom. The van der Waals surface area contributed by atoms with Crippen molar-refractivity contribution in [2.45, 2.75) is 70.8 Å². The van der Waals surface area contributed by atoms with E-state index in [9.17, 15) is 9.90 Å². The molecule has 1 atom stereocenters. The number of carboxylic acid groups (broad SMARTS) is 1. The minimum absolute atomic E-state index is 0.284. The van der Waals surface area contributed by atoms with E-state index in [4.69, 9.17) is 5.11 Å². The lowest BCUT2D eigenvalue weighted by Crippen LogP contribution is -1.95. The van der Waals surface area contributed by atoms with Crippen molar-refractivity contribution < 1.29 is 15.0 Å². The Morgan fingerprint density at radius 2 is 1.62 bits per heavy atom. The molecule has 0 bridgehead atoms. The second-order valence-corrected chi connectivity index (χ2v) is 5.16. The molecule has 0 fully saturated rings. The number of hydrogen-bond acceptors (Lipinski definition) is 2. The summed E-state index contributed by atoms with van der Waals surface area (Å²) in [6.07, 6.45) is 19.6. The minimum Gasteiger partial charge on any atom is -0.481 e. The number of carboxylic acids is 1. The van der Waals surface area contributed by atoms with E-state index >= 15 is 0 Å². The lowest BCUT2D eigenvalue weighted by molar-refractivity contribution is -0.137. The molecule has 0 radical (unpaired) electrons. The van der Waals surface area contributed by atoms with Gasteiger partial charge in [0, 0.05) is 6.42 Å². The molecule has 0 aliphatic rings. The summed E-state index contributed by atoms with van der Waals surface area (Å²) in [7, 11) is 0. The van der Waals surface area contributed by atoms with Crippen LogP contribution in [0.2, 0.25) is 0 Å². The minimum atomic E-state index is -0.704. The Bertz CT molecular complexity index is 329. The van der Waals surface area contributed by atoms with E-state index in [-0.39, 0.29) is 6.42 Å². The average molecular weight is 294 g/mol. The summed E-state index contributed by atoms with van der Waals surface area (Å²) in [4.78, 5) is 10.3. The van der Waals surface area contributed by atoms with Crippen LogP contribution >= 0.6 is 0 Å². The average Bonchev–Trinajstić information content (AvgIpc) is 2.45. The maximum Gasteiger partial charge on any atom is 0.303 e. The van der Waals surface area contributed by atoms with Crippen molar-refractivity contribution in [3.63, 3.8) is 0 Å². The van der Waals surface area contributed by atoms with Gasteiger partial charge in [-0.15, -0.1) is 0 Å². The third-order valence-corrected chi connectivity index (χ3v) is 3.10. The van der Waals surface area contributed by atoms with E-state index in [1.807, 2.05) is 24.3 Å². The highest BCUT2D eigenvalue weighted by Crippen LogP contribution is 2.08. The van der Waals surface area contributed by atoms with Gasteiger partial charge in [0.15, 0.2) is 0 Å². The summed E-state index contributed by atoms with van der Waals surface area (Å²) in [5.41, 5.74) is 0. The molecule has 0 aliphatic heterocycles. The van der Waals surface area contributed by atoms with Gasteiger partial charge in [0.05, 0.1) is 6.10 Å². The maximum absolute atomic E-state index is 10.3. The molecule has 0 aliphatic carbocycles. The summed E-state index contributed by atoms with van der Waals surface area (Å²) < 4.78 is 0. The SMILES string of the molecule is CC/C=C\C/C=C\[C@@H](O)/C=C\CCCCCCCC(=O)O. The van der Waals surface area contributed by atoms with Crippen LogP contribution in [-0.4, -0.2) is 22.3 Å². The quantitative estimate of drug-likeness (QED) is 0.384. The van der Waals surface area contributed by atoms with Crippen LogP contribution in [0.1, 0.15) is 64.7 Å². The van der Waals surface area contributed by atoms with Gasteiger partial charge in [-0.2, -0.15) is 0 Å². The molecule has 0 rings (SSSR count). The predicted octanol–water partition coefficient (Wildman–Crippen LogP) is 4.63. The maximum atomic E-state index is 10.3. The van der Waals surface area contributed by atoms with Crippen LogP contribution < -0.4 is 0 Å². The molecule has 0 amide bonds. The number of unbranched alkanes of at least 4 members (excludes halogenated alkanes) is 5. The zero-order chi connectivity index (χ0) is 15.8. The lowest BCUT2D eigenvalue weighted by Gasteiger charge is -1.99. The molecule has 0 unspecified atom stereocenters. The fourth-order valence-corrected chi connectivity index (χ4v) is 1.93. The predicted molar refractivity (Wildman–Crippen MR) is 88.3 cm³/mol. The summed E-state index contributed by atoms with van der Waals surface area (Å²) in [5, 5.41) is 18.2. The molecule has 3 nitrogen and oxygen atoms in total. The van der Waals surface area contributed by atoms with Gasteiger partial charge in [-0.1, -0.05) is 62.6 Å². The van der Waals surface area contributed by atoms with Crippen molar-refractivity contribution in [2.75, 3.05) is 0 Å². The molecule has 0 spiro atoms. The van der Waals surface area contributed by atoms with E-state index in [1.165, 1.54) is 0 Å². The highest BCUT2D eigenvalue weighted by atomic mass is 16.4.